The van der Waals surface area contributed by atoms with Crippen LogP contribution in [0.3, 0.4) is 0 Å². The lowest BCUT2D eigenvalue weighted by Crippen LogP contribution is -2.24. The molecule has 0 saturated heterocycles. The normalized spacial score (nSPS) is 18.7. The molecule has 102 valence electrons. The summed E-state index contributed by atoms with van der Waals surface area (Å²) in [6.07, 6.45) is 0.723. The maximum absolute atomic E-state index is 13.9. The molecule has 19 heavy (non-hydrogen) atoms. The molecule has 0 aromatic heterocycles. The lowest BCUT2D eigenvalue weighted by molar-refractivity contribution is 0.0677. The highest BCUT2D eigenvalue weighted by Gasteiger charge is 2.40. The maximum atomic E-state index is 13.9. The predicted molar refractivity (Wildman–Crippen MR) is 63.6 cm³/mol. The molecule has 0 aliphatic heterocycles. The van der Waals surface area contributed by atoms with Crippen LogP contribution in [0.2, 0.25) is 0 Å². The molecule has 0 amide bonds. The van der Waals surface area contributed by atoms with E-state index in [9.17, 15) is 21.6 Å². The molecule has 1 aliphatic rings. The zero-order valence-electron chi connectivity index (χ0n) is 9.48. The van der Waals surface area contributed by atoms with Crippen LogP contribution in [0.1, 0.15) is 12.0 Å². The third-order valence-electron chi connectivity index (χ3n) is 2.71. The highest BCUT2D eigenvalue weighted by atomic mass is 32.2. The number of halogens is 3. The third-order valence-corrected chi connectivity index (χ3v) is 3.66. The van der Waals surface area contributed by atoms with Crippen molar-refractivity contribution in [3.63, 3.8) is 0 Å². The lowest BCUT2D eigenvalue weighted by Gasteiger charge is -2.23. The first-order chi connectivity index (χ1) is 8.70. The van der Waals surface area contributed by atoms with Crippen molar-refractivity contribution < 1.29 is 26.1 Å². The van der Waals surface area contributed by atoms with E-state index in [-0.39, 0.29) is 5.56 Å². The number of alkyl halides is 2. The fourth-order valence-corrected chi connectivity index (χ4v) is 2.39. The second-order valence-corrected chi connectivity index (χ2v) is 5.55. The van der Waals surface area contributed by atoms with Gasteiger partial charge in [0.2, 0.25) is 0 Å². The smallest absolute Gasteiger partial charge is 0.282 e. The fraction of sp³-hybridized carbons (Fsp3) is 0.167. The van der Waals surface area contributed by atoms with E-state index in [4.69, 9.17) is 4.55 Å². The van der Waals surface area contributed by atoms with Crippen molar-refractivity contribution in [3.8, 4) is 0 Å². The molecule has 1 N–H and O–H groups in total. The molecule has 1 aromatic rings. The molecule has 1 aliphatic carbocycles. The number of hydrogen-bond donors (Lipinski definition) is 1. The van der Waals surface area contributed by atoms with Crippen LogP contribution < -0.4 is 0 Å². The second kappa shape index (κ2) is 4.50. The lowest BCUT2D eigenvalue weighted by atomic mass is 9.93. The van der Waals surface area contributed by atoms with Crippen molar-refractivity contribution in [1.29, 1.82) is 0 Å². The second-order valence-electron chi connectivity index (χ2n) is 4.08. The van der Waals surface area contributed by atoms with E-state index in [0.717, 1.165) is 24.3 Å². The highest BCUT2D eigenvalue weighted by Crippen LogP contribution is 2.41. The Labute approximate surface area is 107 Å². The van der Waals surface area contributed by atoms with Gasteiger partial charge >= 0.3 is 0 Å². The van der Waals surface area contributed by atoms with Gasteiger partial charge in [-0.2, -0.15) is 8.42 Å². The van der Waals surface area contributed by atoms with Gasteiger partial charge in [0, 0.05) is 5.57 Å². The molecule has 3 nitrogen and oxygen atoms in total. The Morgan fingerprint density at radius 1 is 1.11 bits per heavy atom. The van der Waals surface area contributed by atoms with Gasteiger partial charge in [0.05, 0.1) is 11.3 Å². The Morgan fingerprint density at radius 3 is 2.16 bits per heavy atom. The number of allylic oxidation sites excluding steroid dienone is 4. The van der Waals surface area contributed by atoms with E-state index in [2.05, 4.69) is 0 Å². The maximum Gasteiger partial charge on any atom is 0.290 e. The molecule has 0 bridgehead atoms. The summed E-state index contributed by atoms with van der Waals surface area (Å²) in [6, 6.07) is 4.44. The van der Waals surface area contributed by atoms with Gasteiger partial charge in [-0.05, 0) is 23.8 Å². The molecule has 7 heteroatoms. The van der Waals surface area contributed by atoms with Crippen LogP contribution in [0.4, 0.5) is 13.2 Å². The summed E-state index contributed by atoms with van der Waals surface area (Å²) < 4.78 is 70.9. The Bertz CT molecular complexity index is 658. The van der Waals surface area contributed by atoms with Gasteiger partial charge in [-0.15, -0.1) is 0 Å². The number of rotatable bonds is 2. The molecule has 0 heterocycles. The van der Waals surface area contributed by atoms with Crippen LogP contribution in [-0.4, -0.2) is 18.9 Å². The van der Waals surface area contributed by atoms with Gasteiger partial charge in [-0.1, -0.05) is 18.2 Å². The van der Waals surface area contributed by atoms with Crippen LogP contribution >= 0.6 is 0 Å². The molecular weight excluding hydrogens is 281 g/mol. The van der Waals surface area contributed by atoms with Crippen molar-refractivity contribution in [2.75, 3.05) is 0 Å². The largest absolute Gasteiger partial charge is 0.290 e. The Balaban J connectivity index is 2.48. The number of benzene rings is 1. The summed E-state index contributed by atoms with van der Waals surface area (Å²) in [5, 5.41) is 0. The monoisotopic (exact) mass is 290 g/mol. The van der Waals surface area contributed by atoms with Gasteiger partial charge in [-0.3, -0.25) is 4.55 Å². The molecule has 0 saturated carbocycles. The summed E-state index contributed by atoms with van der Waals surface area (Å²) in [4.78, 5) is -0.747. The summed E-state index contributed by atoms with van der Waals surface area (Å²) in [6.45, 7) is 0. The Kier molecular flexibility index (Phi) is 3.27. The third kappa shape index (κ3) is 2.87. The first-order valence-corrected chi connectivity index (χ1v) is 6.67. The summed E-state index contributed by atoms with van der Waals surface area (Å²) in [5.74, 6) is -4.00. The summed E-state index contributed by atoms with van der Waals surface area (Å²) in [5.41, 5.74) is -0.322. The molecular formula is C12H9F3O3S. The Morgan fingerprint density at radius 2 is 1.68 bits per heavy atom. The van der Waals surface area contributed by atoms with Crippen LogP contribution in [0.25, 0.3) is 5.57 Å². The van der Waals surface area contributed by atoms with Crippen LogP contribution in [0.5, 0.6) is 0 Å². The van der Waals surface area contributed by atoms with E-state index in [0.29, 0.717) is 0 Å². The van der Waals surface area contributed by atoms with Crippen molar-refractivity contribution in [1.82, 2.24) is 0 Å². The summed E-state index contributed by atoms with van der Waals surface area (Å²) in [7, 11) is -4.63. The minimum atomic E-state index is -4.63. The van der Waals surface area contributed by atoms with Crippen molar-refractivity contribution in [2.45, 2.75) is 12.3 Å². The van der Waals surface area contributed by atoms with E-state index in [1.807, 2.05) is 0 Å². The van der Waals surface area contributed by atoms with E-state index < -0.39 is 38.8 Å². The molecule has 0 fully saturated rings. The van der Waals surface area contributed by atoms with Gasteiger partial charge in [0.15, 0.2) is 0 Å². The standard InChI is InChI=1S/C12H9F3O3S/c13-9-3-1-8(2-4-9)11-6-5-10(19(16,17)18)7-12(11,14)15/h1-6H,7H2,(H,16,17,18). The molecule has 1 aromatic carbocycles. The van der Waals surface area contributed by atoms with E-state index >= 15 is 0 Å². The van der Waals surface area contributed by atoms with Crippen LogP contribution in [-0.2, 0) is 10.1 Å². The van der Waals surface area contributed by atoms with Gasteiger partial charge in [-0.25, -0.2) is 13.2 Å². The highest BCUT2D eigenvalue weighted by molar-refractivity contribution is 7.89. The molecule has 0 unspecified atom stereocenters. The fourth-order valence-electron chi connectivity index (χ4n) is 1.79. The molecule has 0 spiro atoms. The van der Waals surface area contributed by atoms with Crippen LogP contribution in [0.15, 0.2) is 41.3 Å². The average molecular weight is 290 g/mol. The topological polar surface area (TPSA) is 54.4 Å². The van der Waals surface area contributed by atoms with Crippen molar-refractivity contribution in [3.05, 3.63) is 52.7 Å². The van der Waals surface area contributed by atoms with Gasteiger partial charge in [0.25, 0.3) is 16.0 Å². The van der Waals surface area contributed by atoms with Gasteiger partial charge in [0.1, 0.15) is 5.82 Å². The van der Waals surface area contributed by atoms with Crippen molar-refractivity contribution >= 4 is 15.7 Å². The number of hydrogen-bond acceptors (Lipinski definition) is 2. The van der Waals surface area contributed by atoms with E-state index in [1.165, 1.54) is 12.1 Å². The Hall–Kier alpha value is -1.60. The zero-order valence-corrected chi connectivity index (χ0v) is 10.3. The first kappa shape index (κ1) is 13.8. The quantitative estimate of drug-likeness (QED) is 0.852. The first-order valence-electron chi connectivity index (χ1n) is 5.23. The minimum absolute atomic E-state index is 0.0945. The molecule has 0 radical (unpaired) electrons. The SMILES string of the molecule is O=S(=O)(O)C1=CC=C(c2ccc(F)cc2)C(F)(F)C1. The predicted octanol–water partition coefficient (Wildman–Crippen LogP) is 3.02. The van der Waals surface area contributed by atoms with E-state index in [1.54, 1.807) is 0 Å². The van der Waals surface area contributed by atoms with Gasteiger partial charge < -0.3 is 0 Å². The minimum Gasteiger partial charge on any atom is -0.282 e. The average Bonchev–Trinajstić information content (AvgIpc) is 2.28. The summed E-state index contributed by atoms with van der Waals surface area (Å²) >= 11 is 0. The molecule has 0 atom stereocenters. The zero-order chi connectivity index (χ0) is 14.3. The van der Waals surface area contributed by atoms with Crippen molar-refractivity contribution in [2.24, 2.45) is 0 Å². The van der Waals surface area contributed by atoms with Crippen LogP contribution in [0, 0.1) is 5.82 Å². The molecule has 2 rings (SSSR count).